The Labute approximate surface area is 132 Å². The van der Waals surface area contributed by atoms with Crippen LogP contribution in [0.5, 0.6) is 0 Å². The van der Waals surface area contributed by atoms with E-state index in [1.807, 2.05) is 24.3 Å². The molecule has 3 N–H and O–H groups in total. The molecule has 1 atom stereocenters. The van der Waals surface area contributed by atoms with E-state index in [2.05, 4.69) is 26.8 Å². The number of pyridine rings is 1. The number of halogens is 1. The quantitative estimate of drug-likeness (QED) is 0.750. The van der Waals surface area contributed by atoms with E-state index in [-0.39, 0.29) is 6.04 Å². The summed E-state index contributed by atoms with van der Waals surface area (Å²) in [6, 6.07) is 11.9. The van der Waals surface area contributed by atoms with Gasteiger partial charge >= 0.3 is 0 Å². The van der Waals surface area contributed by atoms with E-state index >= 15 is 0 Å². The summed E-state index contributed by atoms with van der Waals surface area (Å²) in [5.74, 6) is 0.773. The van der Waals surface area contributed by atoms with Gasteiger partial charge in [0.15, 0.2) is 0 Å². The van der Waals surface area contributed by atoms with Crippen molar-refractivity contribution in [2.24, 2.45) is 5.73 Å². The van der Waals surface area contributed by atoms with Crippen LogP contribution in [-0.4, -0.2) is 15.9 Å². The zero-order chi connectivity index (χ0) is 14.7. The molecule has 0 aliphatic carbocycles. The van der Waals surface area contributed by atoms with Gasteiger partial charge in [-0.25, -0.2) is 4.98 Å². The van der Waals surface area contributed by atoms with Crippen LogP contribution in [0.4, 0.5) is 5.82 Å². The fraction of sp³-hybridized carbons (Fsp3) is 0.200. The molecule has 1 aromatic carbocycles. The second-order valence-corrected chi connectivity index (χ2v) is 5.94. The highest BCUT2D eigenvalue weighted by Crippen LogP contribution is 2.30. The predicted octanol–water partition coefficient (Wildman–Crippen LogP) is 3.85. The van der Waals surface area contributed by atoms with Crippen molar-refractivity contribution in [3.63, 3.8) is 0 Å². The van der Waals surface area contributed by atoms with Gasteiger partial charge in [-0.3, -0.25) is 0 Å². The van der Waals surface area contributed by atoms with Gasteiger partial charge in [0, 0.05) is 11.6 Å². The van der Waals surface area contributed by atoms with Crippen molar-refractivity contribution >= 4 is 39.0 Å². The molecule has 21 heavy (non-hydrogen) atoms. The molecular weight excluding hydrogens is 304 g/mol. The SMILES string of the molecule is NCCC(Nc1ccc(Cl)cn1)c1nsc2ccccc12. The van der Waals surface area contributed by atoms with Gasteiger partial charge in [-0.2, -0.15) is 4.37 Å². The maximum absolute atomic E-state index is 5.87. The summed E-state index contributed by atoms with van der Waals surface area (Å²) in [5.41, 5.74) is 6.78. The Morgan fingerprint density at radius 1 is 1.24 bits per heavy atom. The molecule has 108 valence electrons. The van der Waals surface area contributed by atoms with E-state index in [9.17, 15) is 0 Å². The maximum atomic E-state index is 5.87. The minimum absolute atomic E-state index is 0.0415. The van der Waals surface area contributed by atoms with Crippen molar-refractivity contribution < 1.29 is 0 Å². The minimum Gasteiger partial charge on any atom is -0.362 e. The predicted molar refractivity (Wildman–Crippen MR) is 88.9 cm³/mol. The third kappa shape index (κ3) is 3.15. The lowest BCUT2D eigenvalue weighted by Gasteiger charge is -2.17. The summed E-state index contributed by atoms with van der Waals surface area (Å²) in [7, 11) is 0. The molecule has 0 radical (unpaired) electrons. The van der Waals surface area contributed by atoms with Crippen LogP contribution in [0, 0.1) is 0 Å². The van der Waals surface area contributed by atoms with E-state index < -0.39 is 0 Å². The van der Waals surface area contributed by atoms with Crippen LogP contribution in [-0.2, 0) is 0 Å². The minimum atomic E-state index is 0.0415. The summed E-state index contributed by atoms with van der Waals surface area (Å²) in [6.45, 7) is 0.580. The summed E-state index contributed by atoms with van der Waals surface area (Å²) in [6.07, 6.45) is 2.42. The average molecular weight is 319 g/mol. The van der Waals surface area contributed by atoms with Crippen LogP contribution in [0.25, 0.3) is 10.1 Å². The highest BCUT2D eigenvalue weighted by molar-refractivity contribution is 7.13. The number of benzene rings is 1. The Morgan fingerprint density at radius 2 is 2.10 bits per heavy atom. The van der Waals surface area contributed by atoms with E-state index in [1.165, 1.54) is 21.6 Å². The normalized spacial score (nSPS) is 12.5. The van der Waals surface area contributed by atoms with Crippen LogP contribution in [0.3, 0.4) is 0 Å². The molecule has 0 fully saturated rings. The third-order valence-corrected chi connectivity index (χ3v) is 4.30. The Balaban J connectivity index is 1.92. The van der Waals surface area contributed by atoms with Crippen molar-refractivity contribution in [1.82, 2.24) is 9.36 Å². The first-order valence-corrected chi connectivity index (χ1v) is 7.85. The zero-order valence-electron chi connectivity index (χ0n) is 11.3. The molecule has 3 aromatic rings. The van der Waals surface area contributed by atoms with E-state index in [1.54, 1.807) is 6.20 Å². The topological polar surface area (TPSA) is 63.8 Å². The number of anilines is 1. The summed E-state index contributed by atoms with van der Waals surface area (Å²) < 4.78 is 5.78. The summed E-state index contributed by atoms with van der Waals surface area (Å²) >= 11 is 7.37. The zero-order valence-corrected chi connectivity index (χ0v) is 12.9. The number of hydrogen-bond donors (Lipinski definition) is 2. The van der Waals surface area contributed by atoms with Gasteiger partial charge in [0.1, 0.15) is 5.82 Å². The Kier molecular flexibility index (Phi) is 4.34. The number of nitrogens with one attached hydrogen (secondary N) is 1. The number of hydrogen-bond acceptors (Lipinski definition) is 5. The first-order chi connectivity index (χ1) is 10.3. The van der Waals surface area contributed by atoms with Gasteiger partial charge in [-0.15, -0.1) is 0 Å². The molecule has 0 aliphatic heterocycles. The van der Waals surface area contributed by atoms with Gasteiger partial charge < -0.3 is 11.1 Å². The van der Waals surface area contributed by atoms with Crippen molar-refractivity contribution in [2.45, 2.75) is 12.5 Å². The molecule has 4 nitrogen and oxygen atoms in total. The second kappa shape index (κ2) is 6.39. The number of nitrogens with zero attached hydrogens (tertiary/aromatic N) is 2. The van der Waals surface area contributed by atoms with Crippen molar-refractivity contribution in [1.29, 1.82) is 0 Å². The molecule has 6 heteroatoms. The lowest BCUT2D eigenvalue weighted by Crippen LogP contribution is -2.16. The van der Waals surface area contributed by atoms with Gasteiger partial charge in [-0.1, -0.05) is 29.8 Å². The molecule has 0 aliphatic rings. The molecule has 0 amide bonds. The van der Waals surface area contributed by atoms with Gasteiger partial charge in [-0.05, 0) is 42.7 Å². The fourth-order valence-electron chi connectivity index (χ4n) is 2.24. The number of aromatic nitrogens is 2. The standard InChI is InChI=1S/C15H15ClN4S/c16-10-5-6-14(18-9-10)19-12(7-8-17)15-11-3-1-2-4-13(11)21-20-15/h1-6,9,12H,7-8,17H2,(H,18,19). The molecule has 0 spiro atoms. The smallest absolute Gasteiger partial charge is 0.126 e. The van der Waals surface area contributed by atoms with Crippen LogP contribution < -0.4 is 11.1 Å². The molecule has 0 saturated heterocycles. The van der Waals surface area contributed by atoms with Gasteiger partial charge in [0.05, 0.1) is 21.5 Å². The van der Waals surface area contributed by atoms with Crippen LogP contribution >= 0.6 is 23.1 Å². The van der Waals surface area contributed by atoms with Crippen molar-refractivity contribution in [3.05, 3.63) is 53.3 Å². The highest BCUT2D eigenvalue weighted by atomic mass is 35.5. The van der Waals surface area contributed by atoms with Gasteiger partial charge in [0.25, 0.3) is 0 Å². The highest BCUT2D eigenvalue weighted by Gasteiger charge is 2.17. The number of rotatable bonds is 5. The Morgan fingerprint density at radius 3 is 2.86 bits per heavy atom. The molecular formula is C15H15ClN4S. The molecule has 3 rings (SSSR count). The molecule has 2 heterocycles. The average Bonchev–Trinajstić information content (AvgIpc) is 2.93. The molecule has 0 saturated carbocycles. The number of nitrogens with two attached hydrogens (primary N) is 1. The number of fused-ring (bicyclic) bond motifs is 1. The first kappa shape index (κ1) is 14.3. The molecule has 1 unspecified atom stereocenters. The largest absolute Gasteiger partial charge is 0.362 e. The summed E-state index contributed by atoms with van der Waals surface area (Å²) in [4.78, 5) is 4.28. The monoisotopic (exact) mass is 318 g/mol. The fourth-order valence-corrected chi connectivity index (χ4v) is 3.18. The third-order valence-electron chi connectivity index (χ3n) is 3.24. The van der Waals surface area contributed by atoms with E-state index in [4.69, 9.17) is 17.3 Å². The maximum Gasteiger partial charge on any atom is 0.126 e. The second-order valence-electron chi connectivity index (χ2n) is 4.70. The van der Waals surface area contributed by atoms with Crippen LogP contribution in [0.15, 0.2) is 42.6 Å². The first-order valence-electron chi connectivity index (χ1n) is 6.70. The molecule has 2 aromatic heterocycles. The lowest BCUT2D eigenvalue weighted by atomic mass is 10.1. The Hall–Kier alpha value is -1.69. The van der Waals surface area contributed by atoms with E-state index in [0.717, 1.165) is 17.9 Å². The van der Waals surface area contributed by atoms with Gasteiger partial charge in [0.2, 0.25) is 0 Å². The Bertz CT molecular complexity index is 726. The molecule has 0 bridgehead atoms. The van der Waals surface area contributed by atoms with Crippen LogP contribution in [0.1, 0.15) is 18.2 Å². The lowest BCUT2D eigenvalue weighted by molar-refractivity contribution is 0.692. The van der Waals surface area contributed by atoms with E-state index in [0.29, 0.717) is 11.6 Å². The van der Waals surface area contributed by atoms with Crippen LogP contribution in [0.2, 0.25) is 5.02 Å². The van der Waals surface area contributed by atoms with Crippen molar-refractivity contribution in [3.8, 4) is 0 Å². The summed E-state index contributed by atoms with van der Waals surface area (Å²) in [5, 5.41) is 5.19. The van der Waals surface area contributed by atoms with Crippen molar-refractivity contribution in [2.75, 3.05) is 11.9 Å².